The Morgan fingerprint density at radius 3 is 2.89 bits per heavy atom. The Labute approximate surface area is 113 Å². The number of carbonyl (C=O) groups is 1. The van der Waals surface area contributed by atoms with E-state index in [4.69, 9.17) is 5.11 Å². The smallest absolute Gasteiger partial charge is 0.304 e. The molecular weight excluding hydrogens is 242 g/mol. The van der Waals surface area contributed by atoms with Gasteiger partial charge in [0.1, 0.15) is 0 Å². The van der Waals surface area contributed by atoms with E-state index in [2.05, 4.69) is 28.8 Å². The van der Waals surface area contributed by atoms with Crippen molar-refractivity contribution in [2.24, 2.45) is 0 Å². The second kappa shape index (κ2) is 6.12. The van der Waals surface area contributed by atoms with Crippen LogP contribution >= 0.6 is 0 Å². The van der Waals surface area contributed by atoms with Crippen LogP contribution in [0.15, 0.2) is 24.4 Å². The maximum Gasteiger partial charge on any atom is 0.304 e. The largest absolute Gasteiger partial charge is 0.481 e. The van der Waals surface area contributed by atoms with Crippen LogP contribution in [0.3, 0.4) is 0 Å². The molecule has 1 saturated heterocycles. The van der Waals surface area contributed by atoms with Gasteiger partial charge < -0.3 is 10.0 Å². The maximum absolute atomic E-state index is 11.0. The lowest BCUT2D eigenvalue weighted by molar-refractivity contribution is -0.139. The quantitative estimate of drug-likeness (QED) is 0.880. The molecule has 2 atom stereocenters. The highest BCUT2D eigenvalue weighted by atomic mass is 16.4. The first-order chi connectivity index (χ1) is 9.06. The third kappa shape index (κ3) is 3.75. The fourth-order valence-corrected chi connectivity index (χ4v) is 2.54. The van der Waals surface area contributed by atoms with Gasteiger partial charge in [-0.15, -0.1) is 0 Å². The minimum atomic E-state index is -0.737. The normalized spacial score (nSPS) is 25.4. The van der Waals surface area contributed by atoms with E-state index in [1.807, 2.05) is 18.2 Å². The molecule has 0 aromatic carbocycles. The highest BCUT2D eigenvalue weighted by molar-refractivity contribution is 5.67. The molecule has 1 aromatic heterocycles. The van der Waals surface area contributed by atoms with E-state index >= 15 is 0 Å². The molecule has 0 spiro atoms. The van der Waals surface area contributed by atoms with Crippen LogP contribution in [0.4, 0.5) is 0 Å². The summed E-state index contributed by atoms with van der Waals surface area (Å²) in [5.74, 6) is -0.737. The fraction of sp³-hybridized carbons (Fsp3) is 0.571. The van der Waals surface area contributed by atoms with Gasteiger partial charge in [-0.25, -0.2) is 0 Å². The van der Waals surface area contributed by atoms with Gasteiger partial charge in [0, 0.05) is 37.9 Å². The van der Waals surface area contributed by atoms with Crippen LogP contribution in [0.25, 0.3) is 0 Å². The minimum Gasteiger partial charge on any atom is -0.481 e. The number of nitrogens with zero attached hydrogens (tertiary/aromatic N) is 3. The average Bonchev–Trinajstić information content (AvgIpc) is 2.36. The summed E-state index contributed by atoms with van der Waals surface area (Å²) in [6.07, 6.45) is 1.96. The summed E-state index contributed by atoms with van der Waals surface area (Å²) < 4.78 is 0. The summed E-state index contributed by atoms with van der Waals surface area (Å²) in [6.45, 7) is 4.56. The number of hydrogen-bond acceptors (Lipinski definition) is 4. The summed E-state index contributed by atoms with van der Waals surface area (Å²) in [7, 11) is 2.05. The van der Waals surface area contributed by atoms with Crippen molar-refractivity contribution < 1.29 is 9.90 Å². The Balaban J connectivity index is 2.07. The van der Waals surface area contributed by atoms with Crippen LogP contribution < -0.4 is 0 Å². The molecule has 1 aromatic rings. The van der Waals surface area contributed by atoms with E-state index in [0.29, 0.717) is 6.04 Å². The van der Waals surface area contributed by atoms with Crippen LogP contribution in [0, 0.1) is 0 Å². The van der Waals surface area contributed by atoms with E-state index < -0.39 is 5.97 Å². The summed E-state index contributed by atoms with van der Waals surface area (Å²) in [5, 5.41) is 9.04. The predicted molar refractivity (Wildman–Crippen MR) is 72.8 cm³/mol. The van der Waals surface area contributed by atoms with Gasteiger partial charge in [-0.3, -0.25) is 14.7 Å². The van der Waals surface area contributed by atoms with Gasteiger partial charge in [-0.05, 0) is 26.1 Å². The first-order valence-corrected chi connectivity index (χ1v) is 6.62. The molecule has 5 heteroatoms. The van der Waals surface area contributed by atoms with Crippen LogP contribution in [0.1, 0.15) is 19.0 Å². The van der Waals surface area contributed by atoms with E-state index in [9.17, 15) is 4.79 Å². The SMILES string of the molecule is CC1CN(Cc2ccccn2)C(CC(=O)O)CN1C. The number of pyridine rings is 1. The number of carboxylic acids is 1. The van der Waals surface area contributed by atoms with E-state index in [-0.39, 0.29) is 12.5 Å². The second-order valence-electron chi connectivity index (χ2n) is 5.29. The van der Waals surface area contributed by atoms with Crippen molar-refractivity contribution in [2.45, 2.75) is 32.0 Å². The molecule has 1 aliphatic rings. The van der Waals surface area contributed by atoms with Crippen LogP contribution in [-0.2, 0) is 11.3 Å². The van der Waals surface area contributed by atoms with Crippen LogP contribution in [-0.4, -0.2) is 58.1 Å². The zero-order valence-electron chi connectivity index (χ0n) is 11.5. The molecule has 1 N–H and O–H groups in total. The zero-order chi connectivity index (χ0) is 13.8. The molecule has 2 unspecified atom stereocenters. The monoisotopic (exact) mass is 263 g/mol. The molecule has 0 amide bonds. The first kappa shape index (κ1) is 14.0. The van der Waals surface area contributed by atoms with Crippen molar-refractivity contribution in [1.82, 2.24) is 14.8 Å². The van der Waals surface area contributed by atoms with Gasteiger partial charge in [0.15, 0.2) is 0 Å². The van der Waals surface area contributed by atoms with Gasteiger partial charge in [0.05, 0.1) is 12.1 Å². The van der Waals surface area contributed by atoms with E-state index in [1.54, 1.807) is 6.20 Å². The maximum atomic E-state index is 11.0. The number of carboxylic acid groups (broad SMARTS) is 1. The number of likely N-dealkylation sites (N-methyl/N-ethyl adjacent to an activating group) is 1. The molecule has 2 heterocycles. The van der Waals surface area contributed by atoms with Gasteiger partial charge in [0.25, 0.3) is 0 Å². The zero-order valence-corrected chi connectivity index (χ0v) is 11.5. The van der Waals surface area contributed by atoms with Crippen molar-refractivity contribution in [3.63, 3.8) is 0 Å². The lowest BCUT2D eigenvalue weighted by atomic mass is 10.0. The number of hydrogen-bond donors (Lipinski definition) is 1. The molecule has 1 fully saturated rings. The molecule has 2 rings (SSSR count). The Hall–Kier alpha value is -1.46. The molecule has 1 aliphatic heterocycles. The van der Waals surface area contributed by atoms with Crippen LogP contribution in [0.5, 0.6) is 0 Å². The summed E-state index contributed by atoms with van der Waals surface area (Å²) in [4.78, 5) is 19.8. The average molecular weight is 263 g/mol. The third-order valence-electron chi connectivity index (χ3n) is 3.77. The number of aliphatic carboxylic acids is 1. The predicted octanol–water partition coefficient (Wildman–Crippen LogP) is 1.06. The molecule has 0 aliphatic carbocycles. The standard InChI is InChI=1S/C14H21N3O2/c1-11-8-17(9-12-5-3-4-6-15-12)13(7-14(18)19)10-16(11)2/h3-6,11,13H,7-10H2,1-2H3,(H,18,19). The Morgan fingerprint density at radius 1 is 1.47 bits per heavy atom. The molecule has 0 bridgehead atoms. The van der Waals surface area contributed by atoms with Crippen molar-refractivity contribution in [1.29, 1.82) is 0 Å². The van der Waals surface area contributed by atoms with E-state index in [0.717, 1.165) is 25.3 Å². The van der Waals surface area contributed by atoms with Crippen molar-refractivity contribution in [2.75, 3.05) is 20.1 Å². The molecule has 0 saturated carbocycles. The fourth-order valence-electron chi connectivity index (χ4n) is 2.54. The number of piperazine rings is 1. The summed E-state index contributed by atoms with van der Waals surface area (Å²) >= 11 is 0. The Kier molecular flexibility index (Phi) is 4.50. The van der Waals surface area contributed by atoms with Crippen molar-refractivity contribution in [3.05, 3.63) is 30.1 Å². The lowest BCUT2D eigenvalue weighted by Gasteiger charge is -2.43. The third-order valence-corrected chi connectivity index (χ3v) is 3.77. The van der Waals surface area contributed by atoms with Gasteiger partial charge in [-0.2, -0.15) is 0 Å². The van der Waals surface area contributed by atoms with Gasteiger partial charge in [-0.1, -0.05) is 6.07 Å². The molecule has 104 valence electrons. The highest BCUT2D eigenvalue weighted by Crippen LogP contribution is 2.18. The van der Waals surface area contributed by atoms with Crippen LogP contribution in [0.2, 0.25) is 0 Å². The molecular formula is C14H21N3O2. The number of rotatable bonds is 4. The van der Waals surface area contributed by atoms with Gasteiger partial charge >= 0.3 is 5.97 Å². The lowest BCUT2D eigenvalue weighted by Crippen LogP contribution is -2.56. The van der Waals surface area contributed by atoms with Crippen molar-refractivity contribution >= 4 is 5.97 Å². The topological polar surface area (TPSA) is 56.7 Å². The molecule has 0 radical (unpaired) electrons. The number of aromatic nitrogens is 1. The Bertz CT molecular complexity index is 424. The molecule has 19 heavy (non-hydrogen) atoms. The van der Waals surface area contributed by atoms with Crippen molar-refractivity contribution in [3.8, 4) is 0 Å². The Morgan fingerprint density at radius 2 is 2.26 bits per heavy atom. The van der Waals surface area contributed by atoms with E-state index in [1.165, 1.54) is 0 Å². The van der Waals surface area contributed by atoms with Gasteiger partial charge in [0.2, 0.25) is 0 Å². The minimum absolute atomic E-state index is 0.0562. The highest BCUT2D eigenvalue weighted by Gasteiger charge is 2.31. The second-order valence-corrected chi connectivity index (χ2v) is 5.29. The first-order valence-electron chi connectivity index (χ1n) is 6.62. The molecule has 5 nitrogen and oxygen atoms in total. The summed E-state index contributed by atoms with van der Waals surface area (Å²) in [5.41, 5.74) is 0.995. The summed E-state index contributed by atoms with van der Waals surface area (Å²) in [6, 6.07) is 6.34.